The molecule has 2 heterocycles. The lowest BCUT2D eigenvalue weighted by atomic mass is 10.1. The Morgan fingerprint density at radius 1 is 1.06 bits per heavy atom. The Hall–Kier alpha value is -4.63. The molecule has 0 bridgehead atoms. The second-order valence-electron chi connectivity index (χ2n) is 7.04. The first-order chi connectivity index (χ1) is 15.6. The summed E-state index contributed by atoms with van der Waals surface area (Å²) in [6.07, 6.45) is 8.02. The zero-order valence-electron chi connectivity index (χ0n) is 17.3. The van der Waals surface area contributed by atoms with Crippen molar-refractivity contribution >= 4 is 22.8 Å². The summed E-state index contributed by atoms with van der Waals surface area (Å²) < 4.78 is 7.03. The highest BCUT2D eigenvalue weighted by atomic mass is 16.3. The standard InChI is InChI=1S/C26H19N3O3/c1-18-22(26(31)29(28-18)21-12-5-3-6-13-21)14-7-2-4-11-20(17-27)25(30)24-16-19-10-8-9-15-23(19)32-24/h2-16,28H,1H3/b4-2+,14-7+,20-11+. The van der Waals surface area contributed by atoms with Crippen molar-refractivity contribution in [3.8, 4) is 11.8 Å². The lowest BCUT2D eigenvalue weighted by Crippen LogP contribution is -2.15. The molecular formula is C26H19N3O3. The maximum atomic E-state index is 12.7. The molecule has 0 amide bonds. The number of aryl methyl sites for hydroxylation is 1. The third kappa shape index (κ3) is 4.13. The number of para-hydroxylation sites is 2. The molecule has 32 heavy (non-hydrogen) atoms. The van der Waals surface area contributed by atoms with Crippen molar-refractivity contribution in [1.29, 1.82) is 5.26 Å². The van der Waals surface area contributed by atoms with Gasteiger partial charge in [-0.1, -0.05) is 54.6 Å². The summed E-state index contributed by atoms with van der Waals surface area (Å²) in [6, 6.07) is 20.1. The average molecular weight is 421 g/mol. The minimum Gasteiger partial charge on any atom is -0.453 e. The van der Waals surface area contributed by atoms with Crippen LogP contribution in [0.25, 0.3) is 22.7 Å². The molecule has 0 fully saturated rings. The molecule has 2 aromatic carbocycles. The van der Waals surface area contributed by atoms with Crippen molar-refractivity contribution in [2.24, 2.45) is 0 Å². The molecule has 4 rings (SSSR count). The van der Waals surface area contributed by atoms with Crippen molar-refractivity contribution in [1.82, 2.24) is 9.78 Å². The number of Topliss-reactive ketones (excluding diaryl/α,β-unsaturated/α-hetero) is 1. The Kier molecular flexibility index (Phi) is 5.82. The molecule has 0 unspecified atom stereocenters. The largest absolute Gasteiger partial charge is 0.453 e. The summed E-state index contributed by atoms with van der Waals surface area (Å²) in [7, 11) is 0. The van der Waals surface area contributed by atoms with E-state index >= 15 is 0 Å². The molecule has 0 aliphatic heterocycles. The molecule has 6 heteroatoms. The second-order valence-corrected chi connectivity index (χ2v) is 7.04. The molecule has 0 radical (unpaired) electrons. The number of benzene rings is 2. The van der Waals surface area contributed by atoms with Crippen LogP contribution >= 0.6 is 0 Å². The zero-order valence-corrected chi connectivity index (χ0v) is 17.3. The number of nitriles is 1. The van der Waals surface area contributed by atoms with Crippen LogP contribution in [0.4, 0.5) is 0 Å². The molecule has 0 aliphatic rings. The van der Waals surface area contributed by atoms with Crippen LogP contribution in [0.15, 0.2) is 99.8 Å². The fourth-order valence-corrected chi connectivity index (χ4v) is 3.27. The molecule has 4 aromatic rings. The highest BCUT2D eigenvalue weighted by Crippen LogP contribution is 2.21. The second kappa shape index (κ2) is 9.02. The smallest absolute Gasteiger partial charge is 0.278 e. The summed E-state index contributed by atoms with van der Waals surface area (Å²) in [6.45, 7) is 1.82. The van der Waals surface area contributed by atoms with Crippen LogP contribution in [0.5, 0.6) is 0 Å². The van der Waals surface area contributed by atoms with Gasteiger partial charge in [0.1, 0.15) is 17.2 Å². The number of nitrogens with one attached hydrogen (secondary N) is 1. The number of furan rings is 1. The molecule has 0 aliphatic carbocycles. The highest BCUT2D eigenvalue weighted by molar-refractivity contribution is 6.11. The number of carbonyl (C=O) groups is 1. The molecule has 0 spiro atoms. The minimum absolute atomic E-state index is 0.0436. The van der Waals surface area contributed by atoms with Crippen molar-refractivity contribution in [2.75, 3.05) is 0 Å². The highest BCUT2D eigenvalue weighted by Gasteiger charge is 2.16. The summed E-state index contributed by atoms with van der Waals surface area (Å²) in [5.41, 5.74) is 2.40. The van der Waals surface area contributed by atoms with Gasteiger partial charge in [0.2, 0.25) is 5.78 Å². The SMILES string of the molecule is Cc1[nH]n(-c2ccccc2)c(=O)c1/C=C/C=C/C=C(\C#N)C(=O)c1cc2ccccc2o1. The predicted octanol–water partition coefficient (Wildman–Crippen LogP) is 5.12. The summed E-state index contributed by atoms with van der Waals surface area (Å²) in [4.78, 5) is 25.2. The van der Waals surface area contributed by atoms with E-state index in [9.17, 15) is 14.9 Å². The molecule has 6 nitrogen and oxygen atoms in total. The van der Waals surface area contributed by atoms with E-state index in [4.69, 9.17) is 4.42 Å². The van der Waals surface area contributed by atoms with Gasteiger partial charge in [-0.3, -0.25) is 14.7 Å². The number of ketones is 1. The number of rotatable bonds is 6. The number of nitrogens with zero attached hydrogens (tertiary/aromatic N) is 2. The average Bonchev–Trinajstić information content (AvgIpc) is 3.37. The fraction of sp³-hybridized carbons (Fsp3) is 0.0385. The van der Waals surface area contributed by atoms with Crippen LogP contribution in [0.2, 0.25) is 0 Å². The van der Waals surface area contributed by atoms with E-state index < -0.39 is 5.78 Å². The van der Waals surface area contributed by atoms with Crippen molar-refractivity contribution in [2.45, 2.75) is 6.92 Å². The van der Waals surface area contributed by atoms with E-state index in [0.29, 0.717) is 11.1 Å². The Bertz CT molecular complexity index is 1440. The number of carbonyl (C=O) groups excluding carboxylic acids is 1. The van der Waals surface area contributed by atoms with Crippen LogP contribution in [0, 0.1) is 18.3 Å². The van der Waals surface area contributed by atoms with Gasteiger partial charge < -0.3 is 4.42 Å². The lowest BCUT2D eigenvalue weighted by Gasteiger charge is -1.99. The van der Waals surface area contributed by atoms with Gasteiger partial charge in [-0.05, 0) is 43.3 Å². The molecule has 156 valence electrons. The fourth-order valence-electron chi connectivity index (χ4n) is 3.27. The Labute approximate surface area is 184 Å². The molecule has 1 N–H and O–H groups in total. The predicted molar refractivity (Wildman–Crippen MR) is 124 cm³/mol. The molecular weight excluding hydrogens is 402 g/mol. The van der Waals surface area contributed by atoms with Crippen molar-refractivity contribution in [3.05, 3.63) is 118 Å². The number of fused-ring (bicyclic) bond motifs is 1. The van der Waals surface area contributed by atoms with E-state index in [1.807, 2.05) is 61.5 Å². The van der Waals surface area contributed by atoms with Crippen molar-refractivity contribution < 1.29 is 9.21 Å². The van der Waals surface area contributed by atoms with Crippen LogP contribution in [-0.2, 0) is 0 Å². The maximum Gasteiger partial charge on any atom is 0.278 e. The first-order valence-electron chi connectivity index (χ1n) is 9.94. The third-order valence-electron chi connectivity index (χ3n) is 4.89. The Morgan fingerprint density at radius 2 is 1.81 bits per heavy atom. The van der Waals surface area contributed by atoms with Gasteiger partial charge >= 0.3 is 0 Å². The van der Waals surface area contributed by atoms with Gasteiger partial charge in [0, 0.05) is 11.1 Å². The molecule has 0 atom stereocenters. The van der Waals surface area contributed by atoms with E-state index in [-0.39, 0.29) is 16.9 Å². The minimum atomic E-state index is -0.482. The number of aromatic nitrogens is 2. The van der Waals surface area contributed by atoms with Gasteiger partial charge in [-0.25, -0.2) is 4.68 Å². The first-order valence-corrected chi connectivity index (χ1v) is 9.94. The van der Waals surface area contributed by atoms with Crippen molar-refractivity contribution in [3.63, 3.8) is 0 Å². The van der Waals surface area contributed by atoms with Gasteiger partial charge in [-0.2, -0.15) is 5.26 Å². The van der Waals surface area contributed by atoms with Gasteiger partial charge in [0.05, 0.1) is 11.3 Å². The number of H-pyrrole nitrogens is 1. The van der Waals surface area contributed by atoms with E-state index in [1.165, 1.54) is 10.8 Å². The van der Waals surface area contributed by atoms with Crippen LogP contribution < -0.4 is 5.56 Å². The number of hydrogen-bond donors (Lipinski definition) is 1. The molecule has 0 saturated heterocycles. The van der Waals surface area contributed by atoms with Crippen LogP contribution in [0.3, 0.4) is 0 Å². The molecule has 2 aromatic heterocycles. The topological polar surface area (TPSA) is 91.8 Å². The monoisotopic (exact) mass is 421 g/mol. The number of allylic oxidation sites excluding steroid dienone is 5. The normalized spacial score (nSPS) is 12.1. The number of aromatic amines is 1. The van der Waals surface area contributed by atoms with Crippen LogP contribution in [-0.4, -0.2) is 15.6 Å². The van der Waals surface area contributed by atoms with E-state index in [2.05, 4.69) is 5.10 Å². The van der Waals surface area contributed by atoms with Crippen LogP contribution in [0.1, 0.15) is 21.8 Å². The summed E-state index contributed by atoms with van der Waals surface area (Å²) in [5.74, 6) is -0.364. The van der Waals surface area contributed by atoms with Gasteiger partial charge in [-0.15, -0.1) is 0 Å². The summed E-state index contributed by atoms with van der Waals surface area (Å²) in [5, 5.41) is 13.2. The lowest BCUT2D eigenvalue weighted by molar-refractivity contribution is 0.101. The van der Waals surface area contributed by atoms with Gasteiger partial charge in [0.15, 0.2) is 5.76 Å². The molecule has 0 saturated carbocycles. The number of hydrogen-bond acceptors (Lipinski definition) is 4. The van der Waals surface area contributed by atoms with E-state index in [0.717, 1.165) is 16.8 Å². The Morgan fingerprint density at radius 3 is 2.56 bits per heavy atom. The maximum absolute atomic E-state index is 12.7. The Balaban J connectivity index is 1.51. The summed E-state index contributed by atoms with van der Waals surface area (Å²) >= 11 is 0. The first kappa shape index (κ1) is 20.6. The quantitative estimate of drug-likeness (QED) is 0.202. The third-order valence-corrected chi connectivity index (χ3v) is 4.89. The van der Waals surface area contributed by atoms with Gasteiger partial charge in [0.25, 0.3) is 5.56 Å². The van der Waals surface area contributed by atoms with E-state index in [1.54, 1.807) is 36.4 Å². The zero-order chi connectivity index (χ0) is 22.5.